The van der Waals surface area contributed by atoms with E-state index in [9.17, 15) is 0 Å². The van der Waals surface area contributed by atoms with Gasteiger partial charge in [0.2, 0.25) is 33.9 Å². The summed E-state index contributed by atoms with van der Waals surface area (Å²) in [6.07, 6.45) is 13.5. The zero-order chi connectivity index (χ0) is 55.7. The molecular formula is C77H44F4N3+3. The standard InChI is InChI=1S/C77H44F4N3/c1-43-31-64-57-19-9-6-15-53(57)47-27-29-68(82(43)40-47)71-49(33-51(78)35-66(71)80)32-50-38-76-74-73-61-34-52(79)36-67(81)72(61)69-30-28-48-41-83(69)75(64,73)39-65(58-20-10-7-16-54(48)58)77(74,76)63-22-12-11-21-59(63)70-37-60(62(42-84(70)76)56-18-8-5-17-55(50)56)46-25-23-45(24-26-46)44-13-3-2-4-14-44/h2-31,33-42H,1,32H2/q+3/b50-38+,64-31-. The summed E-state index contributed by atoms with van der Waals surface area (Å²) in [5.74, 6) is -2.74. The first-order chi connectivity index (χ1) is 41.1. The molecule has 392 valence electrons. The summed E-state index contributed by atoms with van der Waals surface area (Å²) < 4.78 is 75.9. The minimum Gasteiger partial charge on any atom is -0.207 e. The normalized spacial score (nSPS) is 21.4. The van der Waals surface area contributed by atoms with Crippen molar-refractivity contribution in [3.8, 4) is 89.4 Å². The van der Waals surface area contributed by atoms with Crippen LogP contribution < -0.4 is 13.7 Å². The topological polar surface area (TPSA) is 11.6 Å². The van der Waals surface area contributed by atoms with Gasteiger partial charge in [0.1, 0.15) is 28.7 Å². The summed E-state index contributed by atoms with van der Waals surface area (Å²) in [5.41, 5.74) is 19.5. The minimum absolute atomic E-state index is 0.100. The fraction of sp³-hybridized carbons (Fsp3) is 0.0519. The third-order valence-electron chi connectivity index (χ3n) is 19.7. The van der Waals surface area contributed by atoms with Gasteiger partial charge in [0.15, 0.2) is 18.6 Å². The summed E-state index contributed by atoms with van der Waals surface area (Å²) in [6, 6.07) is 68.6. The van der Waals surface area contributed by atoms with Gasteiger partial charge in [-0.2, -0.15) is 13.7 Å². The lowest BCUT2D eigenvalue weighted by Crippen LogP contribution is -2.61. The molecule has 12 bridgehead atoms. The van der Waals surface area contributed by atoms with Gasteiger partial charge in [-0.1, -0.05) is 146 Å². The maximum atomic E-state index is 17.9. The Balaban J connectivity index is 1.07. The van der Waals surface area contributed by atoms with E-state index in [1.165, 1.54) is 6.07 Å². The van der Waals surface area contributed by atoms with Crippen LogP contribution in [0.25, 0.3) is 117 Å². The van der Waals surface area contributed by atoms with Gasteiger partial charge in [-0.25, -0.2) is 17.6 Å². The molecule has 9 heterocycles. The van der Waals surface area contributed by atoms with E-state index in [0.717, 1.165) is 129 Å². The molecule has 8 aliphatic rings. The van der Waals surface area contributed by atoms with Crippen molar-refractivity contribution < 1.29 is 31.3 Å². The van der Waals surface area contributed by atoms with Crippen LogP contribution in [0.1, 0.15) is 33.4 Å². The summed E-state index contributed by atoms with van der Waals surface area (Å²) in [6.45, 7) is 4.86. The van der Waals surface area contributed by atoms with Crippen LogP contribution in [0.5, 0.6) is 0 Å². The lowest BCUT2D eigenvalue weighted by atomic mass is 9.62. The molecule has 11 aromatic rings. The molecule has 1 saturated carbocycles. The van der Waals surface area contributed by atoms with E-state index >= 15 is 17.6 Å². The highest BCUT2D eigenvalue weighted by Crippen LogP contribution is 2.81. The molecule has 3 aromatic heterocycles. The number of rotatable bonds is 2. The Labute approximate surface area is 481 Å². The molecule has 2 aliphatic carbocycles. The minimum atomic E-state index is -1.35. The molecule has 8 aromatic carbocycles. The van der Waals surface area contributed by atoms with E-state index in [1.54, 1.807) is 6.07 Å². The first kappa shape index (κ1) is 46.3. The monoisotopic (exact) mass is 1090 g/mol. The second-order valence-corrected chi connectivity index (χ2v) is 23.5. The van der Waals surface area contributed by atoms with Gasteiger partial charge < -0.3 is 0 Å². The van der Waals surface area contributed by atoms with Gasteiger partial charge >= 0.3 is 0 Å². The van der Waals surface area contributed by atoms with Crippen molar-refractivity contribution in [2.45, 2.75) is 22.9 Å². The number of allylic oxidation sites excluding steroid dienone is 9. The predicted molar refractivity (Wildman–Crippen MR) is 321 cm³/mol. The van der Waals surface area contributed by atoms with Crippen molar-refractivity contribution >= 4 is 28.0 Å². The Morgan fingerprint density at radius 2 is 1.00 bits per heavy atom. The van der Waals surface area contributed by atoms with Crippen molar-refractivity contribution in [2.24, 2.45) is 0 Å². The number of pyridine rings is 3. The average Bonchev–Trinajstić information content (AvgIpc) is 1.42. The highest BCUT2D eigenvalue weighted by Gasteiger charge is 2.88. The Hall–Kier alpha value is -10.4. The van der Waals surface area contributed by atoms with Crippen LogP contribution >= 0.6 is 0 Å². The van der Waals surface area contributed by atoms with Crippen molar-refractivity contribution in [3.05, 3.63) is 312 Å². The lowest BCUT2D eigenvalue weighted by Gasteiger charge is -2.42. The van der Waals surface area contributed by atoms with Crippen LogP contribution in [-0.4, -0.2) is 0 Å². The fourth-order valence-corrected chi connectivity index (χ4v) is 16.5. The Kier molecular flexibility index (Phi) is 8.70. The molecule has 1 fully saturated rings. The molecule has 3 atom stereocenters. The molecular weight excluding hydrogens is 1040 g/mol. The number of hydrogen-bond acceptors (Lipinski definition) is 0. The highest BCUT2D eigenvalue weighted by molar-refractivity contribution is 6.13. The highest BCUT2D eigenvalue weighted by atomic mass is 19.1. The fourth-order valence-electron chi connectivity index (χ4n) is 16.5. The molecule has 0 saturated heterocycles. The number of halogens is 4. The molecule has 84 heavy (non-hydrogen) atoms. The summed E-state index contributed by atoms with van der Waals surface area (Å²) >= 11 is 0. The third kappa shape index (κ3) is 5.51. The first-order valence-corrected chi connectivity index (χ1v) is 28.5. The zero-order valence-corrected chi connectivity index (χ0v) is 44.9. The smallest absolute Gasteiger partial charge is 0.207 e. The van der Waals surface area contributed by atoms with Gasteiger partial charge in [-0.3, -0.25) is 0 Å². The molecule has 0 amide bonds. The van der Waals surface area contributed by atoms with Crippen LogP contribution in [0, 0.1) is 23.3 Å². The number of benzene rings is 8. The Morgan fingerprint density at radius 3 is 1.76 bits per heavy atom. The van der Waals surface area contributed by atoms with E-state index in [4.69, 9.17) is 6.58 Å². The van der Waals surface area contributed by atoms with Crippen molar-refractivity contribution in [3.63, 3.8) is 0 Å². The molecule has 7 heteroatoms. The second kappa shape index (κ2) is 15.8. The predicted octanol–water partition coefficient (Wildman–Crippen LogP) is 16.5. The summed E-state index contributed by atoms with van der Waals surface area (Å²) in [5, 5.41) is 0. The van der Waals surface area contributed by atoms with Gasteiger partial charge in [0, 0.05) is 81.5 Å². The maximum Gasteiger partial charge on any atom is 0.240 e. The van der Waals surface area contributed by atoms with E-state index in [0.29, 0.717) is 33.8 Å². The first-order valence-electron chi connectivity index (χ1n) is 28.5. The second-order valence-electron chi connectivity index (χ2n) is 23.5. The lowest BCUT2D eigenvalue weighted by molar-refractivity contribution is -0.718. The van der Waals surface area contributed by atoms with Crippen LogP contribution in [0.15, 0.2) is 255 Å². The number of nitrogens with zero attached hydrogens (tertiary/aromatic N) is 3. The molecule has 0 N–H and O–H groups in total. The zero-order valence-electron chi connectivity index (χ0n) is 44.9. The molecule has 0 radical (unpaired) electrons. The van der Waals surface area contributed by atoms with Crippen molar-refractivity contribution in [2.75, 3.05) is 0 Å². The molecule has 19 rings (SSSR count). The van der Waals surface area contributed by atoms with Gasteiger partial charge in [-0.05, 0) is 122 Å². The molecule has 3 nitrogen and oxygen atoms in total. The third-order valence-corrected chi connectivity index (χ3v) is 19.7. The van der Waals surface area contributed by atoms with Crippen LogP contribution in [0.4, 0.5) is 17.6 Å². The maximum absolute atomic E-state index is 17.9. The Bertz CT molecular complexity index is 5120. The van der Waals surface area contributed by atoms with Gasteiger partial charge in [-0.15, -0.1) is 0 Å². The summed E-state index contributed by atoms with van der Waals surface area (Å²) in [4.78, 5) is 0. The van der Waals surface area contributed by atoms with Crippen molar-refractivity contribution in [1.29, 1.82) is 0 Å². The van der Waals surface area contributed by atoms with Crippen LogP contribution in [0.2, 0.25) is 0 Å². The van der Waals surface area contributed by atoms with Gasteiger partial charge in [0.25, 0.3) is 0 Å². The van der Waals surface area contributed by atoms with Crippen LogP contribution in [0.3, 0.4) is 0 Å². The van der Waals surface area contributed by atoms with E-state index in [2.05, 4.69) is 179 Å². The molecule has 3 spiro atoms. The summed E-state index contributed by atoms with van der Waals surface area (Å²) in [7, 11) is 0. The van der Waals surface area contributed by atoms with Gasteiger partial charge in [0.05, 0.1) is 22.3 Å². The Morgan fingerprint density at radius 1 is 0.405 bits per heavy atom. The molecule has 6 aliphatic heterocycles. The number of hydrogen-bond donors (Lipinski definition) is 0. The van der Waals surface area contributed by atoms with Crippen LogP contribution in [-0.2, 0) is 22.9 Å². The SMILES string of the molecule is C=C1/C=C2/c3ccccc3-c3ccc([n+]1c3)-c1c(F)cc(F)cc1C/C1=C\C34C5=C6c7cc(F)cc(F)c7-c7ccc8c[n+]7C62C=C(c2ccccc2-8)C53c2ccccc2-c2cc(-c3ccc(-c5ccccc5)cc3)c(c[n+]24)-c2ccccc21. The van der Waals surface area contributed by atoms with E-state index in [1.807, 2.05) is 53.2 Å². The van der Waals surface area contributed by atoms with E-state index in [-0.39, 0.29) is 12.0 Å². The van der Waals surface area contributed by atoms with Crippen molar-refractivity contribution in [1.82, 2.24) is 0 Å². The largest absolute Gasteiger partial charge is 0.240 e. The number of fused-ring (bicyclic) bond motifs is 19. The average molecular weight is 1090 g/mol. The van der Waals surface area contributed by atoms with E-state index < -0.39 is 39.8 Å². The number of aromatic nitrogens is 3. The quantitative estimate of drug-likeness (QED) is 0.121. The molecule has 3 unspecified atom stereocenters.